The third-order valence-corrected chi connectivity index (χ3v) is 3.78. The highest BCUT2D eigenvalue weighted by molar-refractivity contribution is 6.32. The van der Waals surface area contributed by atoms with Gasteiger partial charge in [-0.15, -0.1) is 6.58 Å². The first-order valence-corrected chi connectivity index (χ1v) is 7.62. The van der Waals surface area contributed by atoms with Gasteiger partial charge in [-0.05, 0) is 12.3 Å². The Labute approximate surface area is 125 Å². The predicted octanol–water partition coefficient (Wildman–Crippen LogP) is 3.71. The first kappa shape index (κ1) is 16.8. The lowest BCUT2D eigenvalue weighted by atomic mass is 9.99. The quantitative estimate of drug-likeness (QED) is 0.707. The maximum atomic E-state index is 11.9. The van der Waals surface area contributed by atoms with Gasteiger partial charge in [0.1, 0.15) is 5.02 Å². The first-order valence-electron chi connectivity index (χ1n) is 7.24. The lowest BCUT2D eigenvalue weighted by Gasteiger charge is -2.16. The molecule has 5 heteroatoms. The minimum absolute atomic E-state index is 0.201. The monoisotopic (exact) mass is 297 g/mol. The Morgan fingerprint density at radius 1 is 1.55 bits per heavy atom. The zero-order chi connectivity index (χ0) is 15.0. The van der Waals surface area contributed by atoms with Gasteiger partial charge in [0.15, 0.2) is 0 Å². The van der Waals surface area contributed by atoms with Crippen LogP contribution in [0.25, 0.3) is 0 Å². The van der Waals surface area contributed by atoms with Crippen LogP contribution in [-0.4, -0.2) is 16.3 Å². The summed E-state index contributed by atoms with van der Waals surface area (Å²) in [5.41, 5.74) is 0.338. The summed E-state index contributed by atoms with van der Waals surface area (Å²) >= 11 is 6.09. The Hall–Kier alpha value is -1.29. The fourth-order valence-electron chi connectivity index (χ4n) is 2.04. The van der Waals surface area contributed by atoms with Crippen molar-refractivity contribution in [2.24, 2.45) is 5.92 Å². The molecule has 1 unspecified atom stereocenters. The SMILES string of the molecule is C=CCn1ncc(NCC(CC)CCCC)c(Cl)c1=O. The van der Waals surface area contributed by atoms with Gasteiger partial charge in [-0.25, -0.2) is 4.68 Å². The lowest BCUT2D eigenvalue weighted by molar-refractivity contribution is 0.472. The van der Waals surface area contributed by atoms with Crippen LogP contribution >= 0.6 is 11.6 Å². The number of allylic oxidation sites excluding steroid dienone is 1. The molecule has 1 aromatic rings. The molecule has 1 aromatic heterocycles. The molecule has 0 aliphatic rings. The third kappa shape index (κ3) is 4.67. The average Bonchev–Trinajstić information content (AvgIpc) is 2.46. The molecule has 0 bridgehead atoms. The molecule has 0 fully saturated rings. The number of rotatable bonds is 9. The van der Waals surface area contributed by atoms with E-state index < -0.39 is 0 Å². The number of nitrogens with one attached hydrogen (secondary N) is 1. The van der Waals surface area contributed by atoms with Gasteiger partial charge in [0.2, 0.25) is 0 Å². The van der Waals surface area contributed by atoms with Crippen LogP contribution < -0.4 is 10.9 Å². The van der Waals surface area contributed by atoms with Crippen molar-refractivity contribution >= 4 is 17.3 Å². The molecule has 0 aliphatic carbocycles. The smallest absolute Gasteiger partial charge is 0.287 e. The van der Waals surface area contributed by atoms with Gasteiger partial charge < -0.3 is 5.32 Å². The van der Waals surface area contributed by atoms with Gasteiger partial charge in [-0.1, -0.05) is 50.8 Å². The van der Waals surface area contributed by atoms with Crippen LogP contribution in [0.4, 0.5) is 5.69 Å². The number of halogens is 1. The van der Waals surface area contributed by atoms with Gasteiger partial charge in [0.05, 0.1) is 18.4 Å². The second-order valence-corrected chi connectivity index (χ2v) is 5.32. The summed E-state index contributed by atoms with van der Waals surface area (Å²) in [6.07, 6.45) is 7.98. The minimum Gasteiger partial charge on any atom is -0.382 e. The molecular weight excluding hydrogens is 274 g/mol. The van der Waals surface area contributed by atoms with E-state index in [1.807, 2.05) is 0 Å². The second kappa shape index (κ2) is 8.80. The molecule has 20 heavy (non-hydrogen) atoms. The summed E-state index contributed by atoms with van der Waals surface area (Å²) in [5, 5.41) is 7.53. The fraction of sp³-hybridized carbons (Fsp3) is 0.600. The summed E-state index contributed by atoms with van der Waals surface area (Å²) in [6, 6.07) is 0. The van der Waals surface area contributed by atoms with E-state index >= 15 is 0 Å². The van der Waals surface area contributed by atoms with E-state index in [0.717, 1.165) is 13.0 Å². The molecule has 0 saturated heterocycles. The molecule has 1 heterocycles. The normalized spacial score (nSPS) is 12.2. The Bertz CT molecular complexity index is 484. The van der Waals surface area contributed by atoms with Crippen molar-refractivity contribution in [2.45, 2.75) is 46.1 Å². The average molecular weight is 298 g/mol. The van der Waals surface area contributed by atoms with Crippen molar-refractivity contribution in [1.29, 1.82) is 0 Å². The van der Waals surface area contributed by atoms with E-state index in [2.05, 4.69) is 30.8 Å². The molecule has 0 aromatic carbocycles. The Kier molecular flexibility index (Phi) is 7.37. The zero-order valence-electron chi connectivity index (χ0n) is 12.4. The van der Waals surface area contributed by atoms with E-state index in [1.165, 1.54) is 23.9 Å². The van der Waals surface area contributed by atoms with E-state index in [9.17, 15) is 4.79 Å². The van der Waals surface area contributed by atoms with Gasteiger partial charge in [0, 0.05) is 6.54 Å². The van der Waals surface area contributed by atoms with Gasteiger partial charge >= 0.3 is 0 Å². The van der Waals surface area contributed by atoms with Crippen LogP contribution in [0.5, 0.6) is 0 Å². The molecule has 0 saturated carbocycles. The van der Waals surface area contributed by atoms with Gasteiger partial charge in [-0.3, -0.25) is 4.79 Å². The van der Waals surface area contributed by atoms with Crippen molar-refractivity contribution in [3.8, 4) is 0 Å². The van der Waals surface area contributed by atoms with Crippen molar-refractivity contribution < 1.29 is 0 Å². The summed E-state index contributed by atoms with van der Waals surface area (Å²) in [6.45, 7) is 9.16. The lowest BCUT2D eigenvalue weighted by Crippen LogP contribution is -2.24. The van der Waals surface area contributed by atoms with Crippen LogP contribution in [0.3, 0.4) is 0 Å². The van der Waals surface area contributed by atoms with Crippen molar-refractivity contribution in [1.82, 2.24) is 9.78 Å². The number of nitrogens with zero attached hydrogens (tertiary/aromatic N) is 2. The van der Waals surface area contributed by atoms with Crippen LogP contribution in [0.15, 0.2) is 23.6 Å². The summed E-state index contributed by atoms with van der Waals surface area (Å²) in [7, 11) is 0. The minimum atomic E-state index is -0.279. The van der Waals surface area contributed by atoms with Gasteiger partial charge in [-0.2, -0.15) is 5.10 Å². The van der Waals surface area contributed by atoms with Crippen molar-refractivity contribution in [3.63, 3.8) is 0 Å². The van der Waals surface area contributed by atoms with Crippen LogP contribution in [-0.2, 0) is 6.54 Å². The van der Waals surface area contributed by atoms with Crippen molar-refractivity contribution in [2.75, 3.05) is 11.9 Å². The maximum Gasteiger partial charge on any atom is 0.287 e. The molecule has 1 N–H and O–H groups in total. The van der Waals surface area contributed by atoms with E-state index in [0.29, 0.717) is 18.2 Å². The van der Waals surface area contributed by atoms with E-state index in [4.69, 9.17) is 11.6 Å². The molecule has 1 rings (SSSR count). The van der Waals surface area contributed by atoms with E-state index in [-0.39, 0.29) is 10.6 Å². The fourth-order valence-corrected chi connectivity index (χ4v) is 2.25. The number of unbranched alkanes of at least 4 members (excludes halogenated alkanes) is 1. The topological polar surface area (TPSA) is 46.9 Å². The van der Waals surface area contributed by atoms with Crippen molar-refractivity contribution in [3.05, 3.63) is 34.2 Å². The highest BCUT2D eigenvalue weighted by Crippen LogP contribution is 2.18. The molecule has 0 radical (unpaired) electrons. The number of aromatic nitrogens is 2. The van der Waals surface area contributed by atoms with Gasteiger partial charge in [0.25, 0.3) is 5.56 Å². The molecule has 1 atom stereocenters. The molecule has 112 valence electrons. The highest BCUT2D eigenvalue weighted by atomic mass is 35.5. The number of hydrogen-bond acceptors (Lipinski definition) is 3. The molecule has 4 nitrogen and oxygen atoms in total. The van der Waals surface area contributed by atoms with Crippen LogP contribution in [0.1, 0.15) is 39.5 Å². The van der Waals surface area contributed by atoms with E-state index in [1.54, 1.807) is 12.3 Å². The Balaban J connectivity index is 2.70. The Morgan fingerprint density at radius 2 is 2.30 bits per heavy atom. The Morgan fingerprint density at radius 3 is 2.90 bits per heavy atom. The zero-order valence-corrected chi connectivity index (χ0v) is 13.1. The summed E-state index contributed by atoms with van der Waals surface area (Å²) < 4.78 is 1.30. The molecule has 0 aliphatic heterocycles. The second-order valence-electron chi connectivity index (χ2n) is 4.95. The highest BCUT2D eigenvalue weighted by Gasteiger charge is 2.11. The third-order valence-electron chi connectivity index (χ3n) is 3.41. The largest absolute Gasteiger partial charge is 0.382 e. The predicted molar refractivity (Wildman–Crippen MR) is 85.5 cm³/mol. The molecule has 0 spiro atoms. The maximum absolute atomic E-state index is 11.9. The summed E-state index contributed by atoms with van der Waals surface area (Å²) in [5.74, 6) is 0.599. The standard InChI is InChI=1S/C15H24ClN3O/c1-4-7-8-12(6-3)10-17-13-11-18-19(9-5-2)15(20)14(13)16/h5,11-12,17H,2,4,6-10H2,1,3H3. The first-order chi connectivity index (χ1) is 9.63. The van der Waals surface area contributed by atoms with Crippen LogP contribution in [0.2, 0.25) is 5.02 Å². The van der Waals surface area contributed by atoms with Crippen LogP contribution in [0, 0.1) is 5.92 Å². The number of anilines is 1. The summed E-state index contributed by atoms with van der Waals surface area (Å²) in [4.78, 5) is 11.9. The molecule has 0 amide bonds. The number of hydrogen-bond donors (Lipinski definition) is 1. The molecular formula is C15H24ClN3O.